The van der Waals surface area contributed by atoms with E-state index in [0.29, 0.717) is 5.75 Å². The fourth-order valence-electron chi connectivity index (χ4n) is 2.21. The third-order valence-corrected chi connectivity index (χ3v) is 3.59. The van der Waals surface area contributed by atoms with Crippen LogP contribution in [0.1, 0.15) is 31.9 Å². The monoisotopic (exact) mass is 279 g/mol. The largest absolute Gasteiger partial charge is 0.508 e. The highest BCUT2D eigenvalue weighted by Gasteiger charge is 2.12. The van der Waals surface area contributed by atoms with Crippen molar-refractivity contribution in [1.29, 1.82) is 0 Å². The summed E-state index contributed by atoms with van der Waals surface area (Å²) in [4.78, 5) is 4.51. The van der Waals surface area contributed by atoms with Crippen molar-refractivity contribution < 1.29 is 5.11 Å². The maximum atomic E-state index is 10.2. The molecule has 1 aromatic carbocycles. The predicted molar refractivity (Wildman–Crippen MR) is 86.6 cm³/mol. The lowest BCUT2D eigenvalue weighted by atomic mass is 10.1. The molecule has 0 fully saturated rings. The van der Waals surface area contributed by atoms with E-state index in [2.05, 4.69) is 42.2 Å². The summed E-state index contributed by atoms with van der Waals surface area (Å²) in [6.45, 7) is 7.22. The Morgan fingerprint density at radius 1 is 1.20 bits per heavy atom. The number of hydrogen-bond acceptors (Lipinski definition) is 4. The van der Waals surface area contributed by atoms with Crippen molar-refractivity contribution in [2.75, 3.05) is 45.7 Å². The van der Waals surface area contributed by atoms with Crippen LogP contribution in [0.4, 0.5) is 5.69 Å². The van der Waals surface area contributed by atoms with Crippen LogP contribution in [0, 0.1) is 0 Å². The molecule has 0 aliphatic carbocycles. The molecule has 2 N–H and O–H groups in total. The molecule has 0 aliphatic rings. The van der Waals surface area contributed by atoms with Crippen LogP contribution in [0.15, 0.2) is 18.2 Å². The minimum atomic E-state index is 0.158. The predicted octanol–water partition coefficient (Wildman–Crippen LogP) is 2.45. The molecular formula is C16H29N3O. The van der Waals surface area contributed by atoms with Crippen LogP contribution in [0.5, 0.6) is 5.75 Å². The first-order chi connectivity index (χ1) is 9.49. The Labute approximate surface area is 123 Å². The minimum Gasteiger partial charge on any atom is -0.508 e. The molecule has 0 saturated carbocycles. The number of likely N-dealkylation sites (N-methyl/N-ethyl adjacent to an activating group) is 1. The standard InChI is InChI=1S/C16H29N3O/c1-6-9-19(11-10-18(4)5)14-7-8-15(13(2)17-3)16(20)12-14/h7-8,12-13,17,20H,6,9-11H2,1-5H3. The lowest BCUT2D eigenvalue weighted by Gasteiger charge is -2.27. The first kappa shape index (κ1) is 16.8. The highest BCUT2D eigenvalue weighted by molar-refractivity contribution is 5.54. The van der Waals surface area contributed by atoms with Crippen molar-refractivity contribution in [3.63, 3.8) is 0 Å². The molecule has 114 valence electrons. The zero-order valence-electron chi connectivity index (χ0n) is 13.5. The number of phenols is 1. The van der Waals surface area contributed by atoms with Gasteiger partial charge in [-0.05, 0) is 40.6 Å². The van der Waals surface area contributed by atoms with Crippen LogP contribution < -0.4 is 10.2 Å². The summed E-state index contributed by atoms with van der Waals surface area (Å²) in [5.41, 5.74) is 2.04. The molecule has 1 unspecified atom stereocenters. The Hall–Kier alpha value is -1.26. The van der Waals surface area contributed by atoms with Gasteiger partial charge in [0, 0.05) is 43.0 Å². The first-order valence-electron chi connectivity index (χ1n) is 7.39. The average molecular weight is 279 g/mol. The molecule has 20 heavy (non-hydrogen) atoms. The number of rotatable bonds is 8. The van der Waals surface area contributed by atoms with E-state index in [9.17, 15) is 5.11 Å². The smallest absolute Gasteiger partial charge is 0.122 e. The zero-order chi connectivity index (χ0) is 15.1. The fourth-order valence-corrected chi connectivity index (χ4v) is 2.21. The van der Waals surface area contributed by atoms with E-state index < -0.39 is 0 Å². The first-order valence-corrected chi connectivity index (χ1v) is 7.39. The summed E-state index contributed by atoms with van der Waals surface area (Å²) in [5.74, 6) is 0.371. The summed E-state index contributed by atoms with van der Waals surface area (Å²) in [6.07, 6.45) is 1.10. The molecule has 1 atom stereocenters. The molecular weight excluding hydrogens is 250 g/mol. The lowest BCUT2D eigenvalue weighted by molar-refractivity contribution is 0.412. The molecule has 4 heteroatoms. The topological polar surface area (TPSA) is 38.7 Å². The van der Waals surface area contributed by atoms with E-state index >= 15 is 0 Å². The molecule has 0 amide bonds. The van der Waals surface area contributed by atoms with Gasteiger partial charge in [0.25, 0.3) is 0 Å². The zero-order valence-corrected chi connectivity index (χ0v) is 13.5. The van der Waals surface area contributed by atoms with Gasteiger partial charge < -0.3 is 20.2 Å². The van der Waals surface area contributed by atoms with Crippen LogP contribution >= 0.6 is 0 Å². The van der Waals surface area contributed by atoms with Crippen LogP contribution in [-0.4, -0.2) is 50.8 Å². The van der Waals surface area contributed by atoms with Crippen molar-refractivity contribution >= 4 is 5.69 Å². The highest BCUT2D eigenvalue weighted by Crippen LogP contribution is 2.29. The number of nitrogens with one attached hydrogen (secondary N) is 1. The Balaban J connectivity index is 2.88. The van der Waals surface area contributed by atoms with Gasteiger partial charge in [-0.2, -0.15) is 0 Å². The molecule has 0 bridgehead atoms. The molecule has 1 aromatic rings. The number of nitrogens with zero attached hydrogens (tertiary/aromatic N) is 2. The number of anilines is 1. The van der Waals surface area contributed by atoms with Crippen molar-refractivity contribution in [3.8, 4) is 5.75 Å². The number of hydrogen-bond donors (Lipinski definition) is 2. The van der Waals surface area contributed by atoms with Crippen LogP contribution in [-0.2, 0) is 0 Å². The van der Waals surface area contributed by atoms with Gasteiger partial charge in [0.05, 0.1) is 0 Å². The van der Waals surface area contributed by atoms with E-state index in [0.717, 1.165) is 37.3 Å². The third kappa shape index (κ3) is 4.69. The molecule has 0 aliphatic heterocycles. The summed E-state index contributed by atoms with van der Waals surface area (Å²) in [6, 6.07) is 6.16. The maximum absolute atomic E-state index is 10.2. The second-order valence-electron chi connectivity index (χ2n) is 5.54. The van der Waals surface area contributed by atoms with Gasteiger partial charge in [-0.1, -0.05) is 13.0 Å². The van der Waals surface area contributed by atoms with Crippen LogP contribution in [0.2, 0.25) is 0 Å². The van der Waals surface area contributed by atoms with E-state index in [1.54, 1.807) is 0 Å². The molecule has 0 spiro atoms. The van der Waals surface area contributed by atoms with Gasteiger partial charge in [-0.25, -0.2) is 0 Å². The Kier molecular flexibility index (Phi) is 6.82. The Morgan fingerprint density at radius 3 is 2.40 bits per heavy atom. The Morgan fingerprint density at radius 2 is 1.90 bits per heavy atom. The normalized spacial score (nSPS) is 12.7. The minimum absolute atomic E-state index is 0.158. The average Bonchev–Trinajstić information content (AvgIpc) is 2.42. The van der Waals surface area contributed by atoms with E-state index in [1.165, 1.54) is 0 Å². The molecule has 1 rings (SSSR count). The molecule has 0 radical (unpaired) electrons. The Bertz CT molecular complexity index is 407. The molecule has 0 saturated heterocycles. The van der Waals surface area contributed by atoms with Gasteiger partial charge in [0.15, 0.2) is 0 Å². The summed E-state index contributed by atoms with van der Waals surface area (Å²) >= 11 is 0. The van der Waals surface area contributed by atoms with Crippen LogP contribution in [0.3, 0.4) is 0 Å². The number of aromatic hydroxyl groups is 1. The number of phenolic OH excluding ortho intramolecular Hbond substituents is 1. The van der Waals surface area contributed by atoms with E-state index in [-0.39, 0.29) is 6.04 Å². The number of benzene rings is 1. The molecule has 4 nitrogen and oxygen atoms in total. The summed E-state index contributed by atoms with van der Waals surface area (Å²) in [5, 5.41) is 13.4. The van der Waals surface area contributed by atoms with Gasteiger partial charge in [0.1, 0.15) is 5.75 Å². The van der Waals surface area contributed by atoms with E-state index in [4.69, 9.17) is 0 Å². The quantitative estimate of drug-likeness (QED) is 0.767. The summed E-state index contributed by atoms with van der Waals surface area (Å²) in [7, 11) is 6.07. The van der Waals surface area contributed by atoms with Gasteiger partial charge >= 0.3 is 0 Å². The van der Waals surface area contributed by atoms with E-state index in [1.807, 2.05) is 26.1 Å². The maximum Gasteiger partial charge on any atom is 0.122 e. The SMILES string of the molecule is CCCN(CCN(C)C)c1ccc(C(C)NC)c(O)c1. The fraction of sp³-hybridized carbons (Fsp3) is 0.625. The van der Waals surface area contributed by atoms with Gasteiger partial charge in [0.2, 0.25) is 0 Å². The van der Waals surface area contributed by atoms with Crippen molar-refractivity contribution in [3.05, 3.63) is 23.8 Å². The lowest BCUT2D eigenvalue weighted by Crippen LogP contribution is -2.32. The molecule has 0 heterocycles. The van der Waals surface area contributed by atoms with Crippen molar-refractivity contribution in [1.82, 2.24) is 10.2 Å². The summed E-state index contributed by atoms with van der Waals surface area (Å²) < 4.78 is 0. The molecule has 0 aromatic heterocycles. The van der Waals surface area contributed by atoms with Gasteiger partial charge in [-0.3, -0.25) is 0 Å². The van der Waals surface area contributed by atoms with Gasteiger partial charge in [-0.15, -0.1) is 0 Å². The van der Waals surface area contributed by atoms with Crippen LogP contribution in [0.25, 0.3) is 0 Å². The third-order valence-electron chi connectivity index (χ3n) is 3.59. The van der Waals surface area contributed by atoms with Crippen molar-refractivity contribution in [2.24, 2.45) is 0 Å². The second kappa shape index (κ2) is 8.12. The second-order valence-corrected chi connectivity index (χ2v) is 5.54. The van der Waals surface area contributed by atoms with Crippen molar-refractivity contribution in [2.45, 2.75) is 26.3 Å². The highest BCUT2D eigenvalue weighted by atomic mass is 16.3.